The molecule has 0 radical (unpaired) electrons. The Morgan fingerprint density at radius 3 is 2.71 bits per heavy atom. The fourth-order valence-corrected chi connectivity index (χ4v) is 2.43. The number of nitrogens with zero attached hydrogens (tertiary/aromatic N) is 2. The normalized spacial score (nSPS) is 11.5. The van der Waals surface area contributed by atoms with Crippen LogP contribution in [-0.2, 0) is 11.2 Å². The lowest BCUT2D eigenvalue weighted by atomic mass is 10.1. The molecule has 0 aliphatic rings. The van der Waals surface area contributed by atoms with Crippen LogP contribution in [0.5, 0.6) is 0 Å². The minimum atomic E-state index is 0.134. The van der Waals surface area contributed by atoms with Crippen molar-refractivity contribution in [3.05, 3.63) is 30.1 Å². The van der Waals surface area contributed by atoms with Gasteiger partial charge >= 0.3 is 0 Å². The van der Waals surface area contributed by atoms with Gasteiger partial charge in [0.15, 0.2) is 0 Å². The molecule has 0 atom stereocenters. The number of carbonyl (C=O) groups excluding carboxylic acids is 1. The molecule has 0 saturated carbocycles. The third-order valence-electron chi connectivity index (χ3n) is 3.53. The topological polar surface area (TPSA) is 46.9 Å². The van der Waals surface area contributed by atoms with E-state index >= 15 is 0 Å². The van der Waals surface area contributed by atoms with E-state index in [0.717, 1.165) is 17.5 Å². The van der Waals surface area contributed by atoms with Gasteiger partial charge in [-0.05, 0) is 43.9 Å². The second-order valence-electron chi connectivity index (χ2n) is 6.27. The van der Waals surface area contributed by atoms with E-state index in [2.05, 4.69) is 60.8 Å². The fraction of sp³-hybridized carbons (Fsp3) is 0.529. The third kappa shape index (κ3) is 4.06. The summed E-state index contributed by atoms with van der Waals surface area (Å²) < 4.78 is 2.17. The molecule has 21 heavy (non-hydrogen) atoms. The zero-order chi connectivity index (χ0) is 15.4. The number of fused-ring (bicyclic) bond motifs is 1. The van der Waals surface area contributed by atoms with Crippen molar-refractivity contribution in [2.75, 3.05) is 6.54 Å². The van der Waals surface area contributed by atoms with Crippen molar-refractivity contribution in [3.63, 3.8) is 0 Å². The minimum absolute atomic E-state index is 0.134. The number of aromatic nitrogens is 2. The molecule has 0 aliphatic heterocycles. The standard InChI is InChI=1S/C17H25N3O/c1-12(2)9-17(21)18-8-7-14-5-6-16-15(10-14)19-11-20(16)13(3)4/h5-6,10-13H,7-9H2,1-4H3,(H,18,21). The predicted molar refractivity (Wildman–Crippen MR) is 86.3 cm³/mol. The summed E-state index contributed by atoms with van der Waals surface area (Å²) >= 11 is 0. The lowest BCUT2D eigenvalue weighted by molar-refractivity contribution is -0.121. The monoisotopic (exact) mass is 287 g/mol. The van der Waals surface area contributed by atoms with Crippen LogP contribution in [-0.4, -0.2) is 22.0 Å². The largest absolute Gasteiger partial charge is 0.356 e. The lowest BCUT2D eigenvalue weighted by Gasteiger charge is -2.09. The second kappa shape index (κ2) is 6.74. The summed E-state index contributed by atoms with van der Waals surface area (Å²) in [6, 6.07) is 6.77. The Labute approximate surface area is 126 Å². The number of carbonyl (C=O) groups is 1. The van der Waals surface area contributed by atoms with Gasteiger partial charge in [-0.3, -0.25) is 4.79 Å². The molecule has 4 nitrogen and oxygen atoms in total. The maximum atomic E-state index is 11.6. The Balaban J connectivity index is 1.96. The highest BCUT2D eigenvalue weighted by Gasteiger charge is 2.07. The molecule has 0 saturated heterocycles. The molecule has 1 aromatic carbocycles. The molecule has 0 spiro atoms. The summed E-state index contributed by atoms with van der Waals surface area (Å²) in [5.74, 6) is 0.538. The van der Waals surface area contributed by atoms with Crippen LogP contribution in [0.2, 0.25) is 0 Å². The van der Waals surface area contributed by atoms with Gasteiger partial charge in [-0.2, -0.15) is 0 Å². The van der Waals surface area contributed by atoms with Crippen molar-refractivity contribution in [1.82, 2.24) is 14.9 Å². The molecule has 0 fully saturated rings. The van der Waals surface area contributed by atoms with Crippen LogP contribution in [0.1, 0.15) is 45.7 Å². The maximum absolute atomic E-state index is 11.6. The average molecular weight is 287 g/mol. The first-order chi connectivity index (χ1) is 9.97. The summed E-state index contributed by atoms with van der Waals surface area (Å²) in [6.45, 7) is 9.09. The number of imidazole rings is 1. The second-order valence-corrected chi connectivity index (χ2v) is 6.27. The Bertz CT molecular complexity index is 614. The Morgan fingerprint density at radius 2 is 2.05 bits per heavy atom. The zero-order valence-corrected chi connectivity index (χ0v) is 13.4. The summed E-state index contributed by atoms with van der Waals surface area (Å²) in [4.78, 5) is 16.1. The first-order valence-electron chi connectivity index (χ1n) is 7.69. The van der Waals surface area contributed by atoms with Crippen LogP contribution in [0, 0.1) is 5.92 Å². The van der Waals surface area contributed by atoms with Gasteiger partial charge in [0.1, 0.15) is 0 Å². The Kier molecular flexibility index (Phi) is 4.99. The van der Waals surface area contributed by atoms with Gasteiger partial charge in [-0.25, -0.2) is 4.98 Å². The quantitative estimate of drug-likeness (QED) is 0.886. The van der Waals surface area contributed by atoms with E-state index in [4.69, 9.17) is 0 Å². The third-order valence-corrected chi connectivity index (χ3v) is 3.53. The number of hydrogen-bond donors (Lipinski definition) is 1. The molecule has 1 heterocycles. The van der Waals surface area contributed by atoms with Crippen molar-refractivity contribution in [2.45, 2.75) is 46.6 Å². The number of benzene rings is 1. The van der Waals surface area contributed by atoms with Gasteiger partial charge in [-0.1, -0.05) is 19.9 Å². The SMILES string of the molecule is CC(C)CC(=O)NCCc1ccc2c(c1)ncn2C(C)C. The Hall–Kier alpha value is -1.84. The van der Waals surface area contributed by atoms with E-state index in [1.54, 1.807) is 0 Å². The van der Waals surface area contributed by atoms with Crippen LogP contribution in [0.3, 0.4) is 0 Å². The smallest absolute Gasteiger partial charge is 0.220 e. The molecule has 4 heteroatoms. The number of rotatable bonds is 6. The average Bonchev–Trinajstić information content (AvgIpc) is 2.80. The predicted octanol–water partition coefficient (Wildman–Crippen LogP) is 3.32. The first kappa shape index (κ1) is 15.5. The van der Waals surface area contributed by atoms with E-state index < -0.39 is 0 Å². The molecule has 0 bridgehead atoms. The lowest BCUT2D eigenvalue weighted by Crippen LogP contribution is -2.26. The highest BCUT2D eigenvalue weighted by molar-refractivity contribution is 5.77. The highest BCUT2D eigenvalue weighted by Crippen LogP contribution is 2.18. The summed E-state index contributed by atoms with van der Waals surface area (Å²) in [7, 11) is 0. The summed E-state index contributed by atoms with van der Waals surface area (Å²) in [5, 5.41) is 2.97. The first-order valence-corrected chi connectivity index (χ1v) is 7.69. The molecule has 114 valence electrons. The summed E-state index contributed by atoms with van der Waals surface area (Å²) in [5.41, 5.74) is 3.40. The molecule has 1 amide bonds. The van der Waals surface area contributed by atoms with Crippen molar-refractivity contribution in [1.29, 1.82) is 0 Å². The maximum Gasteiger partial charge on any atom is 0.220 e. The molecule has 1 aromatic heterocycles. The zero-order valence-electron chi connectivity index (χ0n) is 13.4. The molecular weight excluding hydrogens is 262 g/mol. The van der Waals surface area contributed by atoms with E-state index in [-0.39, 0.29) is 5.91 Å². The van der Waals surface area contributed by atoms with Crippen molar-refractivity contribution < 1.29 is 4.79 Å². The van der Waals surface area contributed by atoms with Crippen LogP contribution in [0.25, 0.3) is 11.0 Å². The van der Waals surface area contributed by atoms with E-state index in [9.17, 15) is 4.79 Å². The molecule has 1 N–H and O–H groups in total. The van der Waals surface area contributed by atoms with Gasteiger partial charge in [0, 0.05) is 19.0 Å². The number of amides is 1. The highest BCUT2D eigenvalue weighted by atomic mass is 16.1. The molecule has 0 unspecified atom stereocenters. The molecule has 2 aromatic rings. The van der Waals surface area contributed by atoms with Crippen LogP contribution in [0.15, 0.2) is 24.5 Å². The van der Waals surface area contributed by atoms with Gasteiger partial charge in [-0.15, -0.1) is 0 Å². The van der Waals surface area contributed by atoms with Gasteiger partial charge in [0.2, 0.25) is 5.91 Å². The van der Waals surface area contributed by atoms with Crippen molar-refractivity contribution in [2.24, 2.45) is 5.92 Å². The van der Waals surface area contributed by atoms with Crippen LogP contribution in [0.4, 0.5) is 0 Å². The van der Waals surface area contributed by atoms with Gasteiger partial charge in [0.25, 0.3) is 0 Å². The fourth-order valence-electron chi connectivity index (χ4n) is 2.43. The van der Waals surface area contributed by atoms with E-state index in [1.165, 1.54) is 5.56 Å². The number of hydrogen-bond acceptors (Lipinski definition) is 2. The minimum Gasteiger partial charge on any atom is -0.356 e. The van der Waals surface area contributed by atoms with E-state index in [1.807, 2.05) is 6.33 Å². The van der Waals surface area contributed by atoms with Gasteiger partial charge < -0.3 is 9.88 Å². The van der Waals surface area contributed by atoms with Gasteiger partial charge in [0.05, 0.1) is 17.4 Å². The molecule has 0 aliphatic carbocycles. The van der Waals surface area contributed by atoms with Crippen molar-refractivity contribution in [3.8, 4) is 0 Å². The van der Waals surface area contributed by atoms with Crippen molar-refractivity contribution >= 4 is 16.9 Å². The number of nitrogens with one attached hydrogen (secondary N) is 1. The van der Waals surface area contributed by atoms with Crippen LogP contribution < -0.4 is 5.32 Å². The Morgan fingerprint density at radius 1 is 1.29 bits per heavy atom. The molecular formula is C17H25N3O. The molecule has 2 rings (SSSR count). The van der Waals surface area contributed by atoms with Crippen LogP contribution >= 0.6 is 0 Å². The van der Waals surface area contributed by atoms with E-state index in [0.29, 0.717) is 24.9 Å². The summed E-state index contributed by atoms with van der Waals surface area (Å²) in [6.07, 6.45) is 3.33.